The number of barbiturate groups is 1. The van der Waals surface area contributed by atoms with Gasteiger partial charge in [0.25, 0.3) is 17.7 Å². The van der Waals surface area contributed by atoms with E-state index in [1.807, 2.05) is 6.07 Å². The maximum Gasteiger partial charge on any atom is 0.335 e. The second-order valence-corrected chi connectivity index (χ2v) is 8.38. The highest BCUT2D eigenvalue weighted by atomic mass is 79.9. The zero-order valence-corrected chi connectivity index (χ0v) is 20.6. The van der Waals surface area contributed by atoms with E-state index in [1.165, 1.54) is 13.2 Å². The molecule has 0 saturated carbocycles. The van der Waals surface area contributed by atoms with Crippen molar-refractivity contribution in [2.75, 3.05) is 23.9 Å². The number of nitrogens with one attached hydrogen (secondary N) is 2. The maximum absolute atomic E-state index is 13.0. The zero-order valence-electron chi connectivity index (χ0n) is 19.0. The minimum atomic E-state index is -0.829. The molecule has 3 aromatic carbocycles. The Morgan fingerprint density at radius 1 is 1.03 bits per heavy atom. The van der Waals surface area contributed by atoms with E-state index < -0.39 is 17.8 Å². The summed E-state index contributed by atoms with van der Waals surface area (Å²) in [6, 6.07) is 19.6. The summed E-state index contributed by atoms with van der Waals surface area (Å²) >= 11 is 3.39. The van der Waals surface area contributed by atoms with Crippen molar-refractivity contribution in [3.05, 3.63) is 88.4 Å². The molecule has 1 aliphatic rings. The highest BCUT2D eigenvalue weighted by molar-refractivity contribution is 9.10. The smallest absolute Gasteiger partial charge is 0.335 e. The Balaban J connectivity index is 1.56. The van der Waals surface area contributed by atoms with E-state index >= 15 is 0 Å². The molecule has 3 aromatic rings. The molecule has 5 amide bonds. The second-order valence-electron chi connectivity index (χ2n) is 7.53. The normalized spacial score (nSPS) is 14.4. The van der Waals surface area contributed by atoms with Gasteiger partial charge in [-0.05, 0) is 64.0 Å². The molecule has 10 heteroatoms. The highest BCUT2D eigenvalue weighted by Crippen LogP contribution is 2.37. The number of hydrogen-bond acceptors (Lipinski definition) is 6. The number of ether oxygens (including phenoxy) is 2. The molecule has 0 aliphatic carbocycles. The predicted octanol–water partition coefficient (Wildman–Crippen LogP) is 4.14. The largest absolute Gasteiger partial charge is 0.493 e. The molecule has 36 heavy (non-hydrogen) atoms. The molecule has 1 aliphatic heterocycles. The Bertz CT molecular complexity index is 1360. The molecular formula is C26H20BrN3O6. The van der Waals surface area contributed by atoms with Crippen LogP contribution >= 0.6 is 15.9 Å². The average molecular weight is 550 g/mol. The number of para-hydroxylation sites is 2. The standard InChI is InChI=1S/C26H20BrN3O6/c1-35-21-14-16(13-20(27)23(21)36-15-22(31)28-17-8-4-2-5-9-17)12-19-24(32)29-26(34)30(25(19)33)18-10-6-3-7-11-18/h2-14H,15H2,1H3,(H,28,31)(H,29,32,34)/b19-12+. The molecule has 0 atom stereocenters. The van der Waals surface area contributed by atoms with Crippen LogP contribution in [-0.2, 0) is 14.4 Å². The minimum Gasteiger partial charge on any atom is -0.493 e. The number of nitrogens with zero attached hydrogens (tertiary/aromatic N) is 1. The SMILES string of the molecule is COc1cc(/C=C2\C(=O)NC(=O)N(c3ccccc3)C2=O)cc(Br)c1OCC(=O)Nc1ccccc1. The molecule has 1 saturated heterocycles. The topological polar surface area (TPSA) is 114 Å². The van der Waals surface area contributed by atoms with Crippen molar-refractivity contribution in [1.29, 1.82) is 0 Å². The molecule has 2 N–H and O–H groups in total. The van der Waals surface area contributed by atoms with E-state index in [1.54, 1.807) is 66.7 Å². The van der Waals surface area contributed by atoms with Gasteiger partial charge in [-0.15, -0.1) is 0 Å². The van der Waals surface area contributed by atoms with Crippen LogP contribution in [0.2, 0.25) is 0 Å². The molecule has 0 bridgehead atoms. The summed E-state index contributed by atoms with van der Waals surface area (Å²) in [4.78, 5) is 51.0. The Kier molecular flexibility index (Phi) is 7.45. The van der Waals surface area contributed by atoms with E-state index in [9.17, 15) is 19.2 Å². The van der Waals surface area contributed by atoms with Crippen molar-refractivity contribution in [2.24, 2.45) is 0 Å². The summed E-state index contributed by atoms with van der Waals surface area (Å²) in [7, 11) is 1.42. The van der Waals surface area contributed by atoms with Crippen molar-refractivity contribution in [2.45, 2.75) is 0 Å². The fourth-order valence-corrected chi connectivity index (χ4v) is 4.03. The molecule has 0 aromatic heterocycles. The third-order valence-corrected chi connectivity index (χ3v) is 5.67. The number of imide groups is 2. The first-order valence-electron chi connectivity index (χ1n) is 10.7. The average Bonchev–Trinajstić information content (AvgIpc) is 2.86. The number of methoxy groups -OCH3 is 1. The lowest BCUT2D eigenvalue weighted by Crippen LogP contribution is -2.54. The van der Waals surface area contributed by atoms with Crippen LogP contribution in [0.25, 0.3) is 6.08 Å². The Morgan fingerprint density at radius 2 is 1.69 bits per heavy atom. The van der Waals surface area contributed by atoms with Crippen molar-refractivity contribution in [1.82, 2.24) is 5.32 Å². The van der Waals surface area contributed by atoms with E-state index in [0.29, 0.717) is 21.4 Å². The third kappa shape index (κ3) is 5.44. The predicted molar refractivity (Wildman–Crippen MR) is 137 cm³/mol. The van der Waals surface area contributed by atoms with Gasteiger partial charge < -0.3 is 14.8 Å². The zero-order chi connectivity index (χ0) is 25.7. The lowest BCUT2D eigenvalue weighted by molar-refractivity contribution is -0.122. The highest BCUT2D eigenvalue weighted by Gasteiger charge is 2.36. The molecule has 0 spiro atoms. The van der Waals surface area contributed by atoms with E-state index in [4.69, 9.17) is 9.47 Å². The quantitative estimate of drug-likeness (QED) is 0.338. The number of amides is 5. The minimum absolute atomic E-state index is 0.233. The van der Waals surface area contributed by atoms with Crippen LogP contribution in [0.4, 0.5) is 16.2 Å². The maximum atomic E-state index is 13.0. The van der Waals surface area contributed by atoms with Gasteiger partial charge in [-0.25, -0.2) is 9.69 Å². The van der Waals surface area contributed by atoms with Crippen LogP contribution in [0.1, 0.15) is 5.56 Å². The molecule has 4 rings (SSSR count). The summed E-state index contributed by atoms with van der Waals surface area (Å²) in [5, 5.41) is 4.90. The molecular weight excluding hydrogens is 530 g/mol. The Labute approximate surface area is 214 Å². The lowest BCUT2D eigenvalue weighted by atomic mass is 10.1. The van der Waals surface area contributed by atoms with Crippen LogP contribution in [0.3, 0.4) is 0 Å². The molecule has 0 unspecified atom stereocenters. The van der Waals surface area contributed by atoms with E-state index in [0.717, 1.165) is 4.90 Å². The Hall–Kier alpha value is -4.44. The van der Waals surface area contributed by atoms with Gasteiger partial charge >= 0.3 is 6.03 Å². The summed E-state index contributed by atoms with van der Waals surface area (Å²) in [6.45, 7) is -0.278. The molecule has 1 fully saturated rings. The van der Waals surface area contributed by atoms with Gasteiger partial charge in [0, 0.05) is 5.69 Å². The van der Waals surface area contributed by atoms with Crippen molar-refractivity contribution in [3.63, 3.8) is 0 Å². The van der Waals surface area contributed by atoms with Crippen LogP contribution in [0.5, 0.6) is 11.5 Å². The molecule has 1 heterocycles. The summed E-state index contributed by atoms with van der Waals surface area (Å²) < 4.78 is 11.5. The third-order valence-electron chi connectivity index (χ3n) is 5.08. The van der Waals surface area contributed by atoms with Crippen LogP contribution < -0.4 is 25.0 Å². The van der Waals surface area contributed by atoms with Gasteiger partial charge in [0.05, 0.1) is 17.3 Å². The summed E-state index contributed by atoms with van der Waals surface area (Å²) in [5.74, 6) is -1.41. The fourth-order valence-electron chi connectivity index (χ4n) is 3.46. The van der Waals surface area contributed by atoms with Gasteiger partial charge in [0.1, 0.15) is 5.57 Å². The summed E-state index contributed by atoms with van der Waals surface area (Å²) in [6.07, 6.45) is 1.35. The second kappa shape index (κ2) is 10.9. The molecule has 9 nitrogen and oxygen atoms in total. The van der Waals surface area contributed by atoms with Crippen molar-refractivity contribution < 1.29 is 28.7 Å². The number of rotatable bonds is 7. The van der Waals surface area contributed by atoms with Gasteiger partial charge in [0.15, 0.2) is 18.1 Å². The lowest BCUT2D eigenvalue weighted by Gasteiger charge is -2.26. The van der Waals surface area contributed by atoms with Gasteiger partial charge in [-0.1, -0.05) is 36.4 Å². The number of halogens is 1. The van der Waals surface area contributed by atoms with Crippen molar-refractivity contribution in [3.8, 4) is 11.5 Å². The van der Waals surface area contributed by atoms with Gasteiger partial charge in [0.2, 0.25) is 0 Å². The van der Waals surface area contributed by atoms with Crippen LogP contribution in [0, 0.1) is 0 Å². The van der Waals surface area contributed by atoms with Gasteiger partial charge in [-0.2, -0.15) is 0 Å². The van der Waals surface area contributed by atoms with E-state index in [-0.39, 0.29) is 29.6 Å². The molecule has 0 radical (unpaired) electrons. The molecule has 182 valence electrons. The number of hydrogen-bond donors (Lipinski definition) is 2. The number of anilines is 2. The summed E-state index contributed by atoms with van der Waals surface area (Å²) in [5.41, 5.74) is 1.16. The first kappa shape index (κ1) is 24.7. The van der Waals surface area contributed by atoms with Crippen molar-refractivity contribution >= 4 is 57.1 Å². The number of benzene rings is 3. The first-order valence-corrected chi connectivity index (χ1v) is 11.5. The van der Waals surface area contributed by atoms with Crippen LogP contribution in [-0.4, -0.2) is 37.5 Å². The van der Waals surface area contributed by atoms with E-state index in [2.05, 4.69) is 26.6 Å². The number of carbonyl (C=O) groups excluding carboxylic acids is 4. The Morgan fingerprint density at radius 3 is 2.36 bits per heavy atom. The van der Waals surface area contributed by atoms with Gasteiger partial charge in [-0.3, -0.25) is 19.7 Å². The van der Waals surface area contributed by atoms with Crippen LogP contribution in [0.15, 0.2) is 82.8 Å². The number of urea groups is 1. The number of carbonyl (C=O) groups is 4. The fraction of sp³-hybridized carbons (Fsp3) is 0.0769. The first-order chi connectivity index (χ1) is 17.4. The monoisotopic (exact) mass is 549 g/mol.